The largest absolute Gasteiger partial charge is 0.393 e. The number of carbonyl (C=O) groups is 1. The Hall–Kier alpha value is -1.42. The van der Waals surface area contributed by atoms with Crippen LogP contribution in [0.5, 0.6) is 0 Å². The summed E-state index contributed by atoms with van der Waals surface area (Å²) < 4.78 is 0. The Bertz CT molecular complexity index is 463. The quantitative estimate of drug-likeness (QED) is 0.825. The first kappa shape index (κ1) is 14.6. The van der Waals surface area contributed by atoms with E-state index < -0.39 is 5.92 Å². The van der Waals surface area contributed by atoms with E-state index in [0.29, 0.717) is 0 Å². The molecule has 0 radical (unpaired) electrons. The number of amides is 1. The first-order chi connectivity index (χ1) is 8.23. The van der Waals surface area contributed by atoms with Gasteiger partial charge in [-0.15, -0.1) is 0 Å². The molecule has 1 atom stereocenters. The Morgan fingerprint density at radius 1 is 1.33 bits per heavy atom. The van der Waals surface area contributed by atoms with Crippen LogP contribution in [0.1, 0.15) is 33.3 Å². The summed E-state index contributed by atoms with van der Waals surface area (Å²) in [6, 6.07) is 7.77. The van der Waals surface area contributed by atoms with Crippen molar-refractivity contribution < 1.29 is 4.79 Å². The highest BCUT2D eigenvalue weighted by Gasteiger charge is 2.21. The number of hydrogen-bond acceptors (Lipinski definition) is 2. The van der Waals surface area contributed by atoms with Gasteiger partial charge in [0.25, 0.3) is 0 Å². The maximum atomic E-state index is 12.0. The Morgan fingerprint density at radius 2 is 1.89 bits per heavy atom. The fourth-order valence-corrected chi connectivity index (χ4v) is 1.72. The molecule has 0 heterocycles. The zero-order chi connectivity index (χ0) is 13.9. The highest BCUT2D eigenvalue weighted by Crippen LogP contribution is 2.29. The van der Waals surface area contributed by atoms with Crippen LogP contribution in [0.15, 0.2) is 24.3 Å². The Kier molecular flexibility index (Phi) is 4.46. The van der Waals surface area contributed by atoms with E-state index in [2.05, 4.69) is 26.1 Å². The van der Waals surface area contributed by atoms with Crippen LogP contribution < -0.4 is 11.1 Å². The van der Waals surface area contributed by atoms with Crippen LogP contribution in [0, 0.1) is 5.92 Å². The maximum absolute atomic E-state index is 12.0. The van der Waals surface area contributed by atoms with Crippen LogP contribution in [0.2, 0.25) is 0 Å². The van der Waals surface area contributed by atoms with Gasteiger partial charge in [-0.25, -0.2) is 0 Å². The predicted molar refractivity (Wildman–Crippen MR) is 79.7 cm³/mol. The third kappa shape index (κ3) is 3.53. The van der Waals surface area contributed by atoms with Crippen molar-refractivity contribution in [1.29, 1.82) is 0 Å². The smallest absolute Gasteiger partial charge is 0.234 e. The normalized spacial score (nSPS) is 12.9. The van der Waals surface area contributed by atoms with Crippen LogP contribution in [-0.2, 0) is 10.2 Å². The highest BCUT2D eigenvalue weighted by atomic mass is 32.1. The molecule has 0 saturated carbocycles. The van der Waals surface area contributed by atoms with Gasteiger partial charge in [0, 0.05) is 5.69 Å². The van der Waals surface area contributed by atoms with Gasteiger partial charge in [-0.2, -0.15) is 0 Å². The van der Waals surface area contributed by atoms with Crippen LogP contribution in [0.25, 0.3) is 0 Å². The summed E-state index contributed by atoms with van der Waals surface area (Å²) in [6.45, 7) is 8.02. The lowest BCUT2D eigenvalue weighted by molar-refractivity contribution is -0.117. The highest BCUT2D eigenvalue weighted by molar-refractivity contribution is 7.80. The zero-order valence-electron chi connectivity index (χ0n) is 11.3. The molecule has 0 spiro atoms. The van der Waals surface area contributed by atoms with Gasteiger partial charge >= 0.3 is 0 Å². The Balaban J connectivity index is 2.99. The Labute approximate surface area is 114 Å². The van der Waals surface area contributed by atoms with Crippen molar-refractivity contribution >= 4 is 28.8 Å². The van der Waals surface area contributed by atoms with Crippen LogP contribution in [0.4, 0.5) is 5.69 Å². The van der Waals surface area contributed by atoms with Crippen molar-refractivity contribution in [2.75, 3.05) is 5.32 Å². The summed E-state index contributed by atoms with van der Waals surface area (Å²) in [5.41, 5.74) is 7.36. The minimum absolute atomic E-state index is 0.0314. The summed E-state index contributed by atoms with van der Waals surface area (Å²) in [6.07, 6.45) is 0. The average molecular weight is 264 g/mol. The van der Waals surface area contributed by atoms with Crippen LogP contribution in [0.3, 0.4) is 0 Å². The molecule has 1 aromatic rings. The third-order valence-corrected chi connectivity index (χ3v) is 3.17. The summed E-state index contributed by atoms with van der Waals surface area (Å²) >= 11 is 4.83. The van der Waals surface area contributed by atoms with E-state index >= 15 is 0 Å². The molecule has 1 rings (SSSR count). The minimum atomic E-state index is -0.465. The second-order valence-corrected chi connectivity index (χ2v) is 5.88. The molecule has 3 nitrogen and oxygen atoms in total. The predicted octanol–water partition coefficient (Wildman–Crippen LogP) is 2.84. The molecule has 0 aliphatic rings. The van der Waals surface area contributed by atoms with Gasteiger partial charge in [0.2, 0.25) is 5.91 Å². The third-order valence-electron chi connectivity index (χ3n) is 2.81. The van der Waals surface area contributed by atoms with E-state index in [1.54, 1.807) is 6.92 Å². The molecule has 0 aliphatic heterocycles. The van der Waals surface area contributed by atoms with Gasteiger partial charge in [-0.3, -0.25) is 4.79 Å². The van der Waals surface area contributed by atoms with Crippen LogP contribution in [-0.4, -0.2) is 10.9 Å². The van der Waals surface area contributed by atoms with Crippen molar-refractivity contribution in [2.45, 2.75) is 33.1 Å². The molecule has 0 aliphatic carbocycles. The van der Waals surface area contributed by atoms with Crippen molar-refractivity contribution in [1.82, 2.24) is 0 Å². The molecule has 98 valence electrons. The number of nitrogens with two attached hydrogens (primary N) is 1. The number of nitrogens with one attached hydrogen (secondary N) is 1. The summed E-state index contributed by atoms with van der Waals surface area (Å²) in [4.78, 5) is 12.2. The molecule has 3 N–H and O–H groups in total. The standard InChI is InChI=1S/C14H20N2OS/c1-9(12(15)18)13(17)16-11-8-6-5-7-10(11)14(2,3)4/h5-9H,1-4H3,(H2,15,18)(H,16,17). The molecule has 4 heteroatoms. The number of thiocarbonyl (C=S) groups is 1. The molecule has 0 saturated heterocycles. The maximum Gasteiger partial charge on any atom is 0.234 e. The van der Waals surface area contributed by atoms with Gasteiger partial charge in [0.1, 0.15) is 0 Å². The molecule has 0 aromatic heterocycles. The lowest BCUT2D eigenvalue weighted by Gasteiger charge is -2.23. The monoisotopic (exact) mass is 264 g/mol. The molecular formula is C14H20N2OS. The van der Waals surface area contributed by atoms with Crippen molar-refractivity contribution in [3.63, 3.8) is 0 Å². The molecule has 18 heavy (non-hydrogen) atoms. The lowest BCUT2D eigenvalue weighted by atomic mass is 9.85. The van der Waals surface area contributed by atoms with E-state index in [0.717, 1.165) is 11.3 Å². The lowest BCUT2D eigenvalue weighted by Crippen LogP contribution is -2.31. The van der Waals surface area contributed by atoms with Crippen molar-refractivity contribution in [3.05, 3.63) is 29.8 Å². The number of anilines is 1. The van der Waals surface area contributed by atoms with Gasteiger partial charge in [0.05, 0.1) is 10.9 Å². The average Bonchev–Trinajstić information content (AvgIpc) is 2.27. The molecule has 0 bridgehead atoms. The number of para-hydroxylation sites is 1. The first-order valence-electron chi connectivity index (χ1n) is 5.93. The van der Waals surface area contributed by atoms with Gasteiger partial charge in [-0.05, 0) is 24.0 Å². The summed E-state index contributed by atoms with van der Waals surface area (Å²) in [5, 5.41) is 2.89. The van der Waals surface area contributed by atoms with Gasteiger partial charge in [0.15, 0.2) is 0 Å². The second-order valence-electron chi connectivity index (χ2n) is 5.41. The zero-order valence-corrected chi connectivity index (χ0v) is 12.1. The Morgan fingerprint density at radius 3 is 2.39 bits per heavy atom. The SMILES string of the molecule is CC(C(=O)Nc1ccccc1C(C)(C)C)C(N)=S. The second kappa shape index (κ2) is 5.48. The van der Waals surface area contributed by atoms with Crippen LogP contribution >= 0.6 is 12.2 Å². The van der Waals surface area contributed by atoms with Crippen molar-refractivity contribution in [2.24, 2.45) is 11.7 Å². The molecule has 0 fully saturated rings. The number of rotatable bonds is 3. The van der Waals surface area contributed by atoms with E-state index in [-0.39, 0.29) is 16.3 Å². The van der Waals surface area contributed by atoms with E-state index in [1.165, 1.54) is 0 Å². The minimum Gasteiger partial charge on any atom is -0.393 e. The summed E-state index contributed by atoms with van der Waals surface area (Å²) in [7, 11) is 0. The summed E-state index contributed by atoms with van der Waals surface area (Å²) in [5.74, 6) is -0.632. The van der Waals surface area contributed by atoms with E-state index in [1.807, 2.05) is 24.3 Å². The number of carbonyl (C=O) groups excluding carboxylic acids is 1. The number of benzene rings is 1. The van der Waals surface area contributed by atoms with Gasteiger partial charge < -0.3 is 11.1 Å². The van der Waals surface area contributed by atoms with E-state index in [4.69, 9.17) is 18.0 Å². The molecule has 1 amide bonds. The molecule has 1 unspecified atom stereocenters. The number of hydrogen-bond donors (Lipinski definition) is 2. The topological polar surface area (TPSA) is 55.1 Å². The van der Waals surface area contributed by atoms with Gasteiger partial charge in [-0.1, -0.05) is 51.2 Å². The molecular weight excluding hydrogens is 244 g/mol. The fraction of sp³-hybridized carbons (Fsp3) is 0.429. The molecule has 1 aromatic carbocycles. The fourth-order valence-electron chi connectivity index (χ4n) is 1.62. The van der Waals surface area contributed by atoms with E-state index in [9.17, 15) is 4.79 Å². The van der Waals surface area contributed by atoms with Crippen molar-refractivity contribution in [3.8, 4) is 0 Å². The first-order valence-corrected chi connectivity index (χ1v) is 6.34.